The van der Waals surface area contributed by atoms with Crippen molar-refractivity contribution in [3.05, 3.63) is 66.0 Å². The number of aliphatic carboxylic acids is 1. The number of carbonyl (C=O) groups is 1. The molecule has 0 saturated heterocycles. The molecule has 2 aromatic carbocycles. The molecule has 0 radical (unpaired) electrons. The first-order valence-electron chi connectivity index (χ1n) is 6.05. The number of rotatable bonds is 5. The molecule has 1 N–H and O–H groups in total. The maximum absolute atomic E-state index is 12.7. The van der Waals surface area contributed by atoms with Crippen LogP contribution in [0.2, 0.25) is 0 Å². The lowest BCUT2D eigenvalue weighted by Gasteiger charge is -2.05. The van der Waals surface area contributed by atoms with Gasteiger partial charge in [0.2, 0.25) is 0 Å². The van der Waals surface area contributed by atoms with Gasteiger partial charge in [-0.1, -0.05) is 24.3 Å². The quantitative estimate of drug-likeness (QED) is 0.891. The number of carboxylic acid groups (broad SMARTS) is 1. The highest BCUT2D eigenvalue weighted by atomic mass is 19.1. The number of ether oxygens (including phenoxy) is 1. The Kier molecular flexibility index (Phi) is 4.50. The SMILES string of the molecule is O=C(O)C/C=C/c1ccc(Oc2ccc(F)cc2)cc1. The molecule has 0 spiro atoms. The molecule has 0 unspecified atom stereocenters. The Balaban J connectivity index is 1.99. The molecule has 3 nitrogen and oxygen atoms in total. The molecule has 0 aromatic heterocycles. The third-order valence-corrected chi connectivity index (χ3v) is 2.53. The summed E-state index contributed by atoms with van der Waals surface area (Å²) in [5, 5.41) is 8.52. The van der Waals surface area contributed by atoms with Gasteiger partial charge >= 0.3 is 5.97 Å². The van der Waals surface area contributed by atoms with Crippen LogP contribution in [0, 0.1) is 5.82 Å². The van der Waals surface area contributed by atoms with Gasteiger partial charge in [0.25, 0.3) is 0 Å². The Morgan fingerprint density at radius 2 is 1.60 bits per heavy atom. The van der Waals surface area contributed by atoms with Gasteiger partial charge in [-0.3, -0.25) is 4.79 Å². The number of hydrogen-bond acceptors (Lipinski definition) is 2. The van der Waals surface area contributed by atoms with Gasteiger partial charge in [-0.2, -0.15) is 0 Å². The first kappa shape index (κ1) is 13.8. The van der Waals surface area contributed by atoms with E-state index in [0.717, 1.165) is 5.56 Å². The molecule has 0 aliphatic heterocycles. The molecule has 20 heavy (non-hydrogen) atoms. The normalized spacial score (nSPS) is 10.7. The topological polar surface area (TPSA) is 46.5 Å². The third kappa shape index (κ3) is 4.24. The molecule has 0 heterocycles. The third-order valence-electron chi connectivity index (χ3n) is 2.53. The van der Waals surface area contributed by atoms with Crippen LogP contribution in [0.5, 0.6) is 11.5 Å². The van der Waals surface area contributed by atoms with E-state index in [1.54, 1.807) is 36.4 Å². The van der Waals surface area contributed by atoms with Gasteiger partial charge in [-0.25, -0.2) is 4.39 Å². The maximum atomic E-state index is 12.7. The Morgan fingerprint density at radius 3 is 2.15 bits per heavy atom. The molecule has 0 saturated carbocycles. The van der Waals surface area contributed by atoms with Crippen LogP contribution < -0.4 is 4.74 Å². The minimum atomic E-state index is -0.863. The van der Waals surface area contributed by atoms with E-state index >= 15 is 0 Å². The predicted octanol–water partition coefficient (Wildman–Crippen LogP) is 4.11. The van der Waals surface area contributed by atoms with Crippen molar-refractivity contribution < 1.29 is 19.0 Å². The van der Waals surface area contributed by atoms with Gasteiger partial charge in [0, 0.05) is 0 Å². The van der Waals surface area contributed by atoms with E-state index in [0.29, 0.717) is 11.5 Å². The summed E-state index contributed by atoms with van der Waals surface area (Å²) in [5.74, 6) is 0.0151. The maximum Gasteiger partial charge on any atom is 0.307 e. The zero-order chi connectivity index (χ0) is 14.4. The number of benzene rings is 2. The van der Waals surface area contributed by atoms with Crippen molar-refractivity contribution in [3.63, 3.8) is 0 Å². The summed E-state index contributed by atoms with van der Waals surface area (Å²) in [4.78, 5) is 10.4. The molecular formula is C16H13FO3. The lowest BCUT2D eigenvalue weighted by Crippen LogP contribution is -1.89. The highest BCUT2D eigenvalue weighted by Crippen LogP contribution is 2.22. The average molecular weight is 272 g/mol. The van der Waals surface area contributed by atoms with E-state index in [2.05, 4.69) is 0 Å². The van der Waals surface area contributed by atoms with Gasteiger partial charge in [-0.15, -0.1) is 0 Å². The fraction of sp³-hybridized carbons (Fsp3) is 0.0625. The second-order valence-corrected chi connectivity index (χ2v) is 4.13. The lowest BCUT2D eigenvalue weighted by atomic mass is 10.2. The van der Waals surface area contributed by atoms with Crippen LogP contribution in [-0.2, 0) is 4.79 Å². The molecule has 0 aliphatic rings. The van der Waals surface area contributed by atoms with Crippen molar-refractivity contribution in [2.45, 2.75) is 6.42 Å². The van der Waals surface area contributed by atoms with Crippen LogP contribution >= 0.6 is 0 Å². The first-order valence-corrected chi connectivity index (χ1v) is 6.05. The summed E-state index contributed by atoms with van der Waals surface area (Å²) < 4.78 is 18.3. The second-order valence-electron chi connectivity index (χ2n) is 4.13. The smallest absolute Gasteiger partial charge is 0.307 e. The van der Waals surface area contributed by atoms with Crippen LogP contribution in [0.4, 0.5) is 4.39 Å². The minimum absolute atomic E-state index is 0.00612. The summed E-state index contributed by atoms with van der Waals surface area (Å²) >= 11 is 0. The molecule has 2 rings (SSSR count). The fourth-order valence-corrected chi connectivity index (χ4v) is 1.58. The highest BCUT2D eigenvalue weighted by Gasteiger charge is 1.98. The van der Waals surface area contributed by atoms with Gasteiger partial charge in [0.15, 0.2) is 0 Å². The summed E-state index contributed by atoms with van der Waals surface area (Å²) in [6, 6.07) is 12.9. The van der Waals surface area contributed by atoms with E-state index in [1.165, 1.54) is 12.1 Å². The number of halogens is 1. The Bertz CT molecular complexity index is 601. The van der Waals surface area contributed by atoms with Gasteiger partial charge in [0.05, 0.1) is 6.42 Å². The summed E-state index contributed by atoms with van der Waals surface area (Å²) in [6.45, 7) is 0. The van der Waals surface area contributed by atoms with E-state index in [4.69, 9.17) is 9.84 Å². The van der Waals surface area contributed by atoms with Crippen molar-refractivity contribution in [2.75, 3.05) is 0 Å². The molecule has 0 atom stereocenters. The largest absolute Gasteiger partial charge is 0.481 e. The van der Waals surface area contributed by atoms with E-state index in [9.17, 15) is 9.18 Å². The number of hydrogen-bond donors (Lipinski definition) is 1. The minimum Gasteiger partial charge on any atom is -0.481 e. The van der Waals surface area contributed by atoms with Crippen molar-refractivity contribution in [3.8, 4) is 11.5 Å². The zero-order valence-electron chi connectivity index (χ0n) is 10.6. The molecule has 0 aliphatic carbocycles. The second kappa shape index (κ2) is 6.52. The van der Waals surface area contributed by atoms with Gasteiger partial charge in [-0.05, 0) is 42.0 Å². The highest BCUT2D eigenvalue weighted by molar-refractivity contribution is 5.70. The van der Waals surface area contributed by atoms with Crippen molar-refractivity contribution >= 4 is 12.0 Å². The average Bonchev–Trinajstić information content (AvgIpc) is 2.43. The molecule has 2 aromatic rings. The molecule has 0 bridgehead atoms. The lowest BCUT2D eigenvalue weighted by molar-refractivity contribution is -0.135. The Hall–Kier alpha value is -2.62. The Labute approximate surface area is 115 Å². The summed E-state index contributed by atoms with van der Waals surface area (Å²) in [6.07, 6.45) is 3.31. The fourth-order valence-electron chi connectivity index (χ4n) is 1.58. The predicted molar refractivity (Wildman–Crippen MR) is 74.2 cm³/mol. The molecule has 0 amide bonds. The van der Waals surface area contributed by atoms with E-state index < -0.39 is 5.97 Å². The van der Waals surface area contributed by atoms with Crippen LogP contribution in [0.15, 0.2) is 54.6 Å². The van der Waals surface area contributed by atoms with Crippen molar-refractivity contribution in [1.29, 1.82) is 0 Å². The van der Waals surface area contributed by atoms with Crippen molar-refractivity contribution in [2.24, 2.45) is 0 Å². The standard InChI is InChI=1S/C16H13FO3/c17-13-6-10-15(11-7-13)20-14-8-4-12(5-9-14)2-1-3-16(18)19/h1-2,4-11H,3H2,(H,18,19)/b2-1+. The van der Waals surface area contributed by atoms with Crippen LogP contribution in [-0.4, -0.2) is 11.1 Å². The monoisotopic (exact) mass is 272 g/mol. The summed E-state index contributed by atoms with van der Waals surface area (Å²) in [7, 11) is 0. The van der Waals surface area contributed by atoms with E-state index in [-0.39, 0.29) is 12.2 Å². The molecular weight excluding hydrogens is 259 g/mol. The first-order chi connectivity index (χ1) is 9.63. The zero-order valence-corrected chi connectivity index (χ0v) is 10.6. The van der Waals surface area contributed by atoms with E-state index in [1.807, 2.05) is 12.1 Å². The number of carboxylic acids is 1. The Morgan fingerprint density at radius 1 is 1.05 bits per heavy atom. The molecule has 102 valence electrons. The molecule has 4 heteroatoms. The van der Waals surface area contributed by atoms with Crippen LogP contribution in [0.1, 0.15) is 12.0 Å². The van der Waals surface area contributed by atoms with Crippen molar-refractivity contribution in [1.82, 2.24) is 0 Å². The van der Waals surface area contributed by atoms with Crippen LogP contribution in [0.25, 0.3) is 6.08 Å². The van der Waals surface area contributed by atoms with Gasteiger partial charge < -0.3 is 9.84 Å². The van der Waals surface area contributed by atoms with Gasteiger partial charge in [0.1, 0.15) is 17.3 Å². The molecule has 0 fully saturated rings. The summed E-state index contributed by atoms with van der Waals surface area (Å²) in [5.41, 5.74) is 0.887. The van der Waals surface area contributed by atoms with Crippen LogP contribution in [0.3, 0.4) is 0 Å².